The zero-order chi connectivity index (χ0) is 17.2. The SMILES string of the molecule is CCOC(=O)/C(=C/[C@@H]1[C@@H](C(C)C)CC[C@@]2(O)COC(=O)[C@@H]12)CO. The lowest BCUT2D eigenvalue weighted by Crippen LogP contribution is -2.49. The number of ether oxygens (including phenoxy) is 2. The number of carbonyl (C=O) groups is 2. The summed E-state index contributed by atoms with van der Waals surface area (Å²) in [5, 5.41) is 20.2. The molecule has 4 atom stereocenters. The lowest BCUT2D eigenvalue weighted by Gasteiger charge is -2.42. The van der Waals surface area contributed by atoms with Crippen LogP contribution < -0.4 is 0 Å². The van der Waals surface area contributed by atoms with E-state index in [0.717, 1.165) is 6.42 Å². The summed E-state index contributed by atoms with van der Waals surface area (Å²) in [6, 6.07) is 0. The molecule has 23 heavy (non-hydrogen) atoms. The Kier molecular flexibility index (Phi) is 5.47. The second-order valence-corrected chi connectivity index (χ2v) is 6.78. The maximum atomic E-state index is 12.2. The van der Waals surface area contributed by atoms with E-state index in [1.54, 1.807) is 13.0 Å². The van der Waals surface area contributed by atoms with E-state index in [2.05, 4.69) is 13.8 Å². The van der Waals surface area contributed by atoms with Crippen molar-refractivity contribution in [2.24, 2.45) is 23.7 Å². The van der Waals surface area contributed by atoms with Gasteiger partial charge in [-0.2, -0.15) is 0 Å². The quantitative estimate of drug-likeness (QED) is 0.579. The maximum absolute atomic E-state index is 12.2. The monoisotopic (exact) mass is 326 g/mol. The Hall–Kier alpha value is -1.40. The van der Waals surface area contributed by atoms with Crippen molar-refractivity contribution < 1.29 is 29.3 Å². The summed E-state index contributed by atoms with van der Waals surface area (Å²) in [7, 11) is 0. The number of allylic oxidation sites excluding steroid dienone is 1. The summed E-state index contributed by atoms with van der Waals surface area (Å²) in [6.45, 7) is 5.56. The van der Waals surface area contributed by atoms with Crippen molar-refractivity contribution in [2.45, 2.75) is 39.2 Å². The molecule has 0 aromatic rings. The molecule has 0 unspecified atom stereocenters. The predicted octanol–water partition coefficient (Wildman–Crippen LogP) is 1.05. The predicted molar refractivity (Wildman–Crippen MR) is 82.3 cm³/mol. The minimum absolute atomic E-state index is 0.000476. The number of esters is 2. The van der Waals surface area contributed by atoms with E-state index in [-0.39, 0.29) is 36.5 Å². The van der Waals surface area contributed by atoms with Crippen molar-refractivity contribution in [3.63, 3.8) is 0 Å². The minimum Gasteiger partial charge on any atom is -0.463 e. The number of rotatable bonds is 5. The van der Waals surface area contributed by atoms with Crippen LogP contribution in [0.15, 0.2) is 11.6 Å². The van der Waals surface area contributed by atoms with Crippen LogP contribution in [0, 0.1) is 23.7 Å². The lowest BCUT2D eigenvalue weighted by molar-refractivity contribution is -0.145. The normalized spacial score (nSPS) is 34.3. The van der Waals surface area contributed by atoms with E-state index in [1.165, 1.54) is 0 Å². The second-order valence-electron chi connectivity index (χ2n) is 6.78. The average molecular weight is 326 g/mol. The highest BCUT2D eigenvalue weighted by Crippen LogP contribution is 2.48. The standard InChI is InChI=1S/C17H26O6/c1-4-22-15(19)11(8-18)7-13-12(10(2)3)5-6-17(21)9-23-16(20)14(13)17/h7,10,12-14,18,21H,4-6,8-9H2,1-3H3/b11-7+/t12-,13-,14-,17-/m1/s1. The van der Waals surface area contributed by atoms with Gasteiger partial charge in [0, 0.05) is 0 Å². The third kappa shape index (κ3) is 3.43. The second kappa shape index (κ2) is 7.01. The van der Waals surface area contributed by atoms with Crippen LogP contribution in [-0.2, 0) is 19.1 Å². The zero-order valence-corrected chi connectivity index (χ0v) is 13.9. The average Bonchev–Trinajstić information content (AvgIpc) is 2.80. The molecule has 2 rings (SSSR count). The molecule has 2 aliphatic rings. The fraction of sp³-hybridized carbons (Fsp3) is 0.765. The molecule has 0 aromatic heterocycles. The van der Waals surface area contributed by atoms with E-state index in [9.17, 15) is 19.8 Å². The van der Waals surface area contributed by atoms with Crippen molar-refractivity contribution >= 4 is 11.9 Å². The summed E-state index contributed by atoms with van der Waals surface area (Å²) < 4.78 is 10.0. The van der Waals surface area contributed by atoms with Gasteiger partial charge in [0.15, 0.2) is 0 Å². The topological polar surface area (TPSA) is 93.1 Å². The first-order valence-corrected chi connectivity index (χ1v) is 8.21. The maximum Gasteiger partial charge on any atom is 0.336 e. The van der Waals surface area contributed by atoms with E-state index < -0.39 is 30.1 Å². The van der Waals surface area contributed by atoms with Gasteiger partial charge in [-0.25, -0.2) is 4.79 Å². The van der Waals surface area contributed by atoms with Crippen molar-refractivity contribution in [2.75, 3.05) is 19.8 Å². The van der Waals surface area contributed by atoms with Gasteiger partial charge in [0.05, 0.1) is 24.7 Å². The van der Waals surface area contributed by atoms with Crippen molar-refractivity contribution in [3.8, 4) is 0 Å². The third-order valence-electron chi connectivity index (χ3n) is 5.04. The highest BCUT2D eigenvalue weighted by molar-refractivity contribution is 5.89. The summed E-state index contributed by atoms with van der Waals surface area (Å²) >= 11 is 0. The number of aliphatic hydroxyl groups excluding tert-OH is 1. The van der Waals surface area contributed by atoms with Gasteiger partial charge in [-0.3, -0.25) is 4.79 Å². The molecule has 2 N–H and O–H groups in total. The van der Waals surface area contributed by atoms with E-state index >= 15 is 0 Å². The number of fused-ring (bicyclic) bond motifs is 1. The Morgan fingerprint density at radius 2 is 2.22 bits per heavy atom. The van der Waals surface area contributed by atoms with Crippen LogP contribution in [0.25, 0.3) is 0 Å². The van der Waals surface area contributed by atoms with Gasteiger partial charge in [0.25, 0.3) is 0 Å². The first kappa shape index (κ1) is 17.9. The van der Waals surface area contributed by atoms with Crippen LogP contribution in [0.5, 0.6) is 0 Å². The summed E-state index contributed by atoms with van der Waals surface area (Å²) in [6.07, 6.45) is 2.86. The number of cyclic esters (lactones) is 1. The first-order chi connectivity index (χ1) is 10.8. The van der Waals surface area contributed by atoms with Crippen LogP contribution in [0.4, 0.5) is 0 Å². The van der Waals surface area contributed by atoms with Crippen LogP contribution in [0.1, 0.15) is 33.6 Å². The number of carbonyl (C=O) groups excluding carboxylic acids is 2. The minimum atomic E-state index is -1.18. The Morgan fingerprint density at radius 1 is 1.52 bits per heavy atom. The third-order valence-corrected chi connectivity index (χ3v) is 5.04. The molecule has 2 fully saturated rings. The molecule has 0 spiro atoms. The Morgan fingerprint density at radius 3 is 2.78 bits per heavy atom. The van der Waals surface area contributed by atoms with Gasteiger partial charge >= 0.3 is 11.9 Å². The smallest absolute Gasteiger partial charge is 0.336 e. The van der Waals surface area contributed by atoms with Gasteiger partial charge in [-0.15, -0.1) is 0 Å². The van der Waals surface area contributed by atoms with Crippen molar-refractivity contribution in [1.82, 2.24) is 0 Å². The Labute approximate surface area is 136 Å². The van der Waals surface area contributed by atoms with E-state index in [0.29, 0.717) is 6.42 Å². The molecule has 0 amide bonds. The first-order valence-electron chi connectivity index (χ1n) is 8.21. The van der Waals surface area contributed by atoms with Gasteiger partial charge in [0.1, 0.15) is 12.2 Å². The van der Waals surface area contributed by atoms with Crippen LogP contribution in [0.3, 0.4) is 0 Å². The Balaban J connectivity index is 2.38. The van der Waals surface area contributed by atoms with Gasteiger partial charge in [0.2, 0.25) is 0 Å². The van der Waals surface area contributed by atoms with E-state index in [1.807, 2.05) is 0 Å². The number of hydrogen-bond donors (Lipinski definition) is 2. The van der Waals surface area contributed by atoms with Crippen LogP contribution in [-0.4, -0.2) is 47.6 Å². The summed E-state index contributed by atoms with van der Waals surface area (Å²) in [4.78, 5) is 24.1. The van der Waals surface area contributed by atoms with Crippen LogP contribution in [0.2, 0.25) is 0 Å². The molecular formula is C17H26O6. The molecule has 130 valence electrons. The van der Waals surface area contributed by atoms with Gasteiger partial charge in [-0.1, -0.05) is 19.9 Å². The number of hydrogen-bond acceptors (Lipinski definition) is 6. The van der Waals surface area contributed by atoms with Crippen molar-refractivity contribution in [1.29, 1.82) is 0 Å². The zero-order valence-electron chi connectivity index (χ0n) is 13.9. The molecule has 6 heteroatoms. The van der Waals surface area contributed by atoms with Crippen LogP contribution >= 0.6 is 0 Å². The Bertz CT molecular complexity index is 497. The molecule has 1 aliphatic heterocycles. The summed E-state index contributed by atoms with van der Waals surface area (Å²) in [5.74, 6) is -1.66. The molecule has 6 nitrogen and oxygen atoms in total. The molecule has 0 aromatic carbocycles. The number of aliphatic hydroxyl groups is 2. The fourth-order valence-electron chi connectivity index (χ4n) is 3.83. The lowest BCUT2D eigenvalue weighted by atomic mass is 9.62. The van der Waals surface area contributed by atoms with E-state index in [4.69, 9.17) is 9.47 Å². The molecule has 0 bridgehead atoms. The molecule has 0 radical (unpaired) electrons. The molecule has 1 saturated heterocycles. The molecular weight excluding hydrogens is 300 g/mol. The molecule has 1 saturated carbocycles. The highest BCUT2D eigenvalue weighted by atomic mass is 16.6. The largest absolute Gasteiger partial charge is 0.463 e. The fourth-order valence-corrected chi connectivity index (χ4v) is 3.83. The van der Waals surface area contributed by atoms with Gasteiger partial charge in [-0.05, 0) is 37.5 Å². The molecule has 1 aliphatic carbocycles. The highest BCUT2D eigenvalue weighted by Gasteiger charge is 2.57. The molecule has 1 heterocycles. The van der Waals surface area contributed by atoms with Crippen molar-refractivity contribution in [3.05, 3.63) is 11.6 Å². The van der Waals surface area contributed by atoms with Gasteiger partial charge < -0.3 is 19.7 Å². The summed E-state index contributed by atoms with van der Waals surface area (Å²) in [5.41, 5.74) is -1.05.